The molecule has 2 heterocycles. The van der Waals surface area contributed by atoms with Crippen LogP contribution in [0.5, 0.6) is 0 Å². The molecule has 0 bridgehead atoms. The molecule has 4 saturated carbocycles. The van der Waals surface area contributed by atoms with E-state index in [0.717, 1.165) is 11.8 Å². The maximum atomic E-state index is 12.3. The van der Waals surface area contributed by atoms with E-state index in [1.807, 2.05) is 11.9 Å². The van der Waals surface area contributed by atoms with Gasteiger partial charge < -0.3 is 5.11 Å². The number of hydrogen-bond donors (Lipinski definition) is 0. The molecule has 22 heavy (non-hydrogen) atoms. The fourth-order valence-corrected chi connectivity index (χ4v) is 5.98. The molecule has 0 aromatic rings. The van der Waals surface area contributed by atoms with Crippen LogP contribution >= 0.6 is 0 Å². The van der Waals surface area contributed by atoms with Crippen molar-refractivity contribution in [3.05, 3.63) is 0 Å². The van der Waals surface area contributed by atoms with E-state index in [1.165, 1.54) is 51.4 Å². The number of nitrogens with zero attached hydrogens (tertiary/aromatic N) is 3. The van der Waals surface area contributed by atoms with Crippen LogP contribution in [0.1, 0.15) is 51.4 Å². The van der Waals surface area contributed by atoms with Crippen molar-refractivity contribution in [2.24, 2.45) is 28.8 Å². The van der Waals surface area contributed by atoms with E-state index >= 15 is 0 Å². The molecule has 0 radical (unpaired) electrons. The topological polar surface area (TPSA) is 50.9 Å². The average Bonchev–Trinajstić information content (AvgIpc) is 3.35. The largest absolute Gasteiger partial charge is 0.818 e. The molecule has 0 amide bonds. The Morgan fingerprint density at radius 3 is 1.91 bits per heavy atom. The number of azo groups is 2. The quantitative estimate of drug-likeness (QED) is 0.739. The molecule has 5 heteroatoms. The Balaban J connectivity index is 1.58. The Morgan fingerprint density at radius 2 is 1.45 bits per heavy atom. The van der Waals surface area contributed by atoms with E-state index in [0.29, 0.717) is 11.8 Å². The van der Waals surface area contributed by atoms with E-state index in [1.54, 1.807) is 0 Å². The second-order valence-electron chi connectivity index (χ2n) is 8.61. The molecule has 2 aliphatic heterocycles. The summed E-state index contributed by atoms with van der Waals surface area (Å²) in [7, 11) is 1.90. The van der Waals surface area contributed by atoms with Gasteiger partial charge in [-0.15, -0.1) is 0 Å². The zero-order chi connectivity index (χ0) is 14.7. The molecule has 0 aromatic heterocycles. The summed E-state index contributed by atoms with van der Waals surface area (Å²) in [5.74, 6) is 2.88. The van der Waals surface area contributed by atoms with Crippen LogP contribution in [0.3, 0.4) is 0 Å². The van der Waals surface area contributed by atoms with Gasteiger partial charge in [0.15, 0.2) is 0 Å². The van der Waals surface area contributed by atoms with Crippen molar-refractivity contribution in [1.29, 1.82) is 0 Å². The minimum atomic E-state index is -0.974. The van der Waals surface area contributed by atoms with Crippen LogP contribution in [0.2, 0.25) is 0 Å². The van der Waals surface area contributed by atoms with E-state index in [-0.39, 0.29) is 17.5 Å². The highest BCUT2D eigenvalue weighted by atomic mass is 16.6. The van der Waals surface area contributed by atoms with Gasteiger partial charge in [-0.3, -0.25) is 4.74 Å². The van der Waals surface area contributed by atoms with Gasteiger partial charge in [-0.05, 0) is 75.4 Å². The summed E-state index contributed by atoms with van der Waals surface area (Å²) in [4.78, 5) is 1.81. The van der Waals surface area contributed by atoms with Gasteiger partial charge in [0.1, 0.15) is 12.0 Å². The molecule has 5 fully saturated rings. The van der Waals surface area contributed by atoms with Crippen molar-refractivity contribution >= 4 is 0 Å². The Morgan fingerprint density at radius 1 is 0.955 bits per heavy atom. The van der Waals surface area contributed by atoms with Crippen LogP contribution in [0.25, 0.3) is 0 Å². The first-order chi connectivity index (χ1) is 10.7. The van der Waals surface area contributed by atoms with Gasteiger partial charge in [-0.2, -0.15) is 0 Å². The molecule has 2 atom stereocenters. The summed E-state index contributed by atoms with van der Waals surface area (Å²) < 4.78 is 9.10. The maximum absolute atomic E-state index is 12.3. The van der Waals surface area contributed by atoms with Crippen LogP contribution in [0, 0.1) is 23.7 Å². The van der Waals surface area contributed by atoms with E-state index < -0.39 is 6.35 Å². The first kappa shape index (κ1) is 12.8. The maximum Gasteiger partial charge on any atom is 0.347 e. The second-order valence-corrected chi connectivity index (χ2v) is 8.61. The molecule has 0 aromatic carbocycles. The third-order valence-corrected chi connectivity index (χ3v) is 7.20. The summed E-state index contributed by atoms with van der Waals surface area (Å²) in [6.07, 6.45) is 9.38. The summed E-state index contributed by atoms with van der Waals surface area (Å²) in [5, 5.41) is 16.9. The fraction of sp³-hybridized carbons (Fsp3) is 1.00. The van der Waals surface area contributed by atoms with Gasteiger partial charge in [-0.1, -0.05) is 4.70 Å². The van der Waals surface area contributed by atoms with E-state index in [4.69, 9.17) is 4.74 Å². The van der Waals surface area contributed by atoms with Gasteiger partial charge in [0.25, 0.3) is 0 Å². The van der Waals surface area contributed by atoms with Crippen LogP contribution in [-0.4, -0.2) is 40.5 Å². The van der Waals surface area contributed by atoms with Crippen molar-refractivity contribution in [1.82, 2.24) is 4.90 Å². The van der Waals surface area contributed by atoms with Gasteiger partial charge in [0.05, 0.1) is 0 Å². The molecule has 6 rings (SSSR count). The minimum Gasteiger partial charge on any atom is -0.818 e. The lowest BCUT2D eigenvalue weighted by molar-refractivity contribution is -0.699. The Labute approximate surface area is 131 Å². The first-order valence-electron chi connectivity index (χ1n) is 9.25. The second kappa shape index (κ2) is 3.76. The van der Waals surface area contributed by atoms with Crippen molar-refractivity contribution in [3.8, 4) is 0 Å². The third-order valence-electron chi connectivity index (χ3n) is 7.20. The Bertz CT molecular complexity index is 536. The molecular formula is C17H25N3O2. The number of rotatable bonds is 4. The summed E-state index contributed by atoms with van der Waals surface area (Å²) in [6.45, 7) is 0. The van der Waals surface area contributed by atoms with E-state index in [2.05, 4.69) is 9.81 Å². The van der Waals surface area contributed by atoms with Gasteiger partial charge in [0, 0.05) is 11.8 Å². The lowest BCUT2D eigenvalue weighted by Gasteiger charge is -2.40. The minimum absolute atomic E-state index is 0.0118. The molecular weight excluding hydrogens is 278 g/mol. The van der Waals surface area contributed by atoms with E-state index in [9.17, 15) is 5.11 Å². The average molecular weight is 303 g/mol. The van der Waals surface area contributed by atoms with Crippen LogP contribution in [0.4, 0.5) is 0 Å². The zero-order valence-corrected chi connectivity index (χ0v) is 13.3. The highest BCUT2D eigenvalue weighted by Crippen LogP contribution is 2.72. The molecule has 0 N–H and O–H groups in total. The Kier molecular flexibility index (Phi) is 2.19. The highest BCUT2D eigenvalue weighted by molar-refractivity contribution is 5.25. The summed E-state index contributed by atoms with van der Waals surface area (Å²) >= 11 is 0. The van der Waals surface area contributed by atoms with Crippen molar-refractivity contribution in [2.75, 3.05) is 7.05 Å². The normalized spacial score (nSPS) is 43.3. The molecule has 120 valence electrons. The molecule has 1 saturated heterocycles. The predicted molar refractivity (Wildman–Crippen MR) is 75.5 cm³/mol. The zero-order valence-electron chi connectivity index (χ0n) is 13.3. The van der Waals surface area contributed by atoms with Gasteiger partial charge >= 0.3 is 6.35 Å². The predicted octanol–water partition coefficient (Wildman–Crippen LogP) is 1.47. The lowest BCUT2D eigenvalue weighted by Crippen LogP contribution is -2.61. The van der Waals surface area contributed by atoms with Crippen LogP contribution < -0.4 is 5.11 Å². The lowest BCUT2D eigenvalue weighted by atomic mass is 9.67. The fourth-order valence-electron chi connectivity index (χ4n) is 5.98. The third kappa shape index (κ3) is 1.30. The number of fused-ring (bicyclic) bond motifs is 1. The van der Waals surface area contributed by atoms with Crippen LogP contribution in [0.15, 0.2) is 5.11 Å². The molecule has 6 aliphatic rings. The molecule has 5 nitrogen and oxygen atoms in total. The van der Waals surface area contributed by atoms with Gasteiger partial charge in [0.2, 0.25) is 5.54 Å². The Hall–Kier alpha value is -0.520. The number of hydrogen-bond acceptors (Lipinski definition) is 4. The smallest absolute Gasteiger partial charge is 0.347 e. The van der Waals surface area contributed by atoms with Crippen molar-refractivity contribution < 1.29 is 14.5 Å². The molecule has 2 unspecified atom stereocenters. The highest BCUT2D eigenvalue weighted by Gasteiger charge is 2.86. The summed E-state index contributed by atoms with van der Waals surface area (Å²) in [5.41, 5.74) is 0.0747. The van der Waals surface area contributed by atoms with Gasteiger partial charge in [-0.25, -0.2) is 4.90 Å². The van der Waals surface area contributed by atoms with Crippen LogP contribution in [-0.2, 0) is 4.74 Å². The van der Waals surface area contributed by atoms with Crippen molar-refractivity contribution in [2.45, 2.75) is 75.2 Å². The summed E-state index contributed by atoms with van der Waals surface area (Å²) in [6, 6.07) is 0. The first-order valence-corrected chi connectivity index (χ1v) is 9.25. The molecule has 0 spiro atoms. The van der Waals surface area contributed by atoms with Crippen molar-refractivity contribution in [3.63, 3.8) is 0 Å². The standard InChI is InChI=1S/C17H25N3O2/c1-19-14(21)18-20-15(19)22-17(12-6-7-12,13-8-9-13)16(20,10-2-3-10)11-4-5-11/h10-15H,2-9H2,1H3. The molecule has 4 aliphatic carbocycles. The SMILES string of the molecule is CN1C([O-])N=[N+]2C1OC(C1CC1)(C1CC1)C2(C1CC1)C1CC1. The number of ether oxygens (including phenoxy) is 1. The monoisotopic (exact) mass is 303 g/mol.